The molecule has 3 rings (SSSR count). The summed E-state index contributed by atoms with van der Waals surface area (Å²) in [5.74, 6) is -0.00852. The Morgan fingerprint density at radius 2 is 2.17 bits per heavy atom. The molecule has 1 aliphatic rings. The summed E-state index contributed by atoms with van der Waals surface area (Å²) in [6, 6.07) is 8.15. The van der Waals surface area contributed by atoms with Crippen LogP contribution in [-0.2, 0) is 0 Å². The Morgan fingerprint density at radius 3 is 2.78 bits per heavy atom. The molecule has 2 aromatic rings. The lowest BCUT2D eigenvalue weighted by molar-refractivity contribution is 0.0767. The number of hydrogen-bond acceptors (Lipinski definition) is 2. The van der Waals surface area contributed by atoms with E-state index in [-0.39, 0.29) is 5.91 Å². The molecule has 1 aliphatic heterocycles. The molecule has 2 heterocycles. The van der Waals surface area contributed by atoms with E-state index in [1.54, 1.807) is 6.33 Å². The first-order valence-electron chi connectivity index (χ1n) is 7.82. The van der Waals surface area contributed by atoms with Gasteiger partial charge in [0.25, 0.3) is 5.91 Å². The number of carbonyl (C=O) groups is 1. The summed E-state index contributed by atoms with van der Waals surface area (Å²) in [6.45, 7) is 5.44. The van der Waals surface area contributed by atoms with Crippen molar-refractivity contribution in [2.45, 2.75) is 26.3 Å². The lowest BCUT2D eigenvalue weighted by Gasteiger charge is -2.26. The van der Waals surface area contributed by atoms with Gasteiger partial charge in [0, 0.05) is 30.4 Å². The number of aromatic nitrogens is 2. The Balaban J connectivity index is 1.71. The summed E-state index contributed by atoms with van der Waals surface area (Å²) >= 11 is 6.05. The number of rotatable bonds is 3. The van der Waals surface area contributed by atoms with Crippen molar-refractivity contribution >= 4 is 23.1 Å². The zero-order valence-corrected chi connectivity index (χ0v) is 14.1. The Hall–Kier alpha value is -2.07. The van der Waals surface area contributed by atoms with Crippen LogP contribution in [0.4, 0.5) is 0 Å². The molecule has 0 atom stereocenters. The van der Waals surface area contributed by atoms with Crippen molar-refractivity contribution < 1.29 is 4.79 Å². The molecule has 0 unspecified atom stereocenters. The normalized spacial score (nSPS) is 15.0. The van der Waals surface area contributed by atoms with Crippen molar-refractivity contribution in [1.82, 2.24) is 14.5 Å². The third kappa shape index (κ3) is 3.48. The minimum Gasteiger partial charge on any atom is -0.334 e. The predicted molar refractivity (Wildman–Crippen MR) is 92.6 cm³/mol. The summed E-state index contributed by atoms with van der Waals surface area (Å²) in [7, 11) is 0. The van der Waals surface area contributed by atoms with Gasteiger partial charge in [-0.2, -0.15) is 0 Å². The molecule has 0 aliphatic carbocycles. The number of carbonyl (C=O) groups excluding carboxylic acids is 1. The fraction of sp³-hybridized carbons (Fsp3) is 0.333. The van der Waals surface area contributed by atoms with Gasteiger partial charge in [0.1, 0.15) is 5.69 Å². The van der Waals surface area contributed by atoms with Crippen LogP contribution in [0.1, 0.15) is 42.4 Å². The largest absolute Gasteiger partial charge is 0.334 e. The summed E-state index contributed by atoms with van der Waals surface area (Å²) in [6.07, 6.45) is 6.47. The quantitative estimate of drug-likeness (QED) is 0.852. The first-order chi connectivity index (χ1) is 11.0. The Labute approximate surface area is 141 Å². The monoisotopic (exact) mass is 329 g/mol. The molecule has 0 saturated carbocycles. The van der Waals surface area contributed by atoms with Crippen molar-refractivity contribution in [2.75, 3.05) is 13.1 Å². The van der Waals surface area contributed by atoms with E-state index in [0.717, 1.165) is 17.0 Å². The molecular weight excluding hydrogens is 310 g/mol. The van der Waals surface area contributed by atoms with Crippen molar-refractivity contribution in [3.05, 3.63) is 59.1 Å². The SMILES string of the molecule is CC(C)n1cnc(C(=O)N2CC=C(c3cccc(Cl)c3)CC2)c1. The average Bonchev–Trinajstić information content (AvgIpc) is 3.04. The van der Waals surface area contributed by atoms with Gasteiger partial charge in [-0.25, -0.2) is 4.98 Å². The molecule has 120 valence electrons. The zero-order chi connectivity index (χ0) is 16.4. The van der Waals surface area contributed by atoms with Gasteiger partial charge in [-0.1, -0.05) is 29.8 Å². The van der Waals surface area contributed by atoms with E-state index in [0.29, 0.717) is 24.8 Å². The second kappa shape index (κ2) is 6.59. The van der Waals surface area contributed by atoms with Crippen molar-refractivity contribution in [1.29, 1.82) is 0 Å². The van der Waals surface area contributed by atoms with Crippen LogP contribution in [0.3, 0.4) is 0 Å². The highest BCUT2D eigenvalue weighted by molar-refractivity contribution is 6.30. The van der Waals surface area contributed by atoms with E-state index >= 15 is 0 Å². The second-order valence-corrected chi connectivity index (χ2v) is 6.48. The van der Waals surface area contributed by atoms with E-state index in [4.69, 9.17) is 11.6 Å². The van der Waals surface area contributed by atoms with E-state index in [9.17, 15) is 4.79 Å². The number of amides is 1. The summed E-state index contributed by atoms with van der Waals surface area (Å²) in [5.41, 5.74) is 2.89. The minimum absolute atomic E-state index is 0.00852. The van der Waals surface area contributed by atoms with E-state index in [1.165, 1.54) is 5.57 Å². The molecule has 0 bridgehead atoms. The summed E-state index contributed by atoms with van der Waals surface area (Å²) < 4.78 is 1.95. The van der Waals surface area contributed by atoms with Crippen LogP contribution in [-0.4, -0.2) is 33.4 Å². The molecule has 0 fully saturated rings. The fourth-order valence-corrected chi connectivity index (χ4v) is 2.89. The fourth-order valence-electron chi connectivity index (χ4n) is 2.70. The highest BCUT2D eigenvalue weighted by Gasteiger charge is 2.21. The second-order valence-electron chi connectivity index (χ2n) is 6.04. The summed E-state index contributed by atoms with van der Waals surface area (Å²) in [5, 5.41) is 0.737. The van der Waals surface area contributed by atoms with Crippen LogP contribution < -0.4 is 0 Å². The number of hydrogen-bond donors (Lipinski definition) is 0. The molecule has 4 nitrogen and oxygen atoms in total. The number of nitrogens with zero attached hydrogens (tertiary/aromatic N) is 3. The lowest BCUT2D eigenvalue weighted by atomic mass is 9.99. The van der Waals surface area contributed by atoms with Crippen LogP contribution in [0.5, 0.6) is 0 Å². The molecule has 1 aromatic carbocycles. The maximum absolute atomic E-state index is 12.5. The van der Waals surface area contributed by atoms with E-state index < -0.39 is 0 Å². The van der Waals surface area contributed by atoms with Gasteiger partial charge in [0.15, 0.2) is 0 Å². The van der Waals surface area contributed by atoms with Gasteiger partial charge in [-0.3, -0.25) is 4.79 Å². The molecule has 0 radical (unpaired) electrons. The molecule has 0 N–H and O–H groups in total. The van der Waals surface area contributed by atoms with E-state index in [2.05, 4.69) is 31.0 Å². The van der Waals surface area contributed by atoms with Gasteiger partial charge in [-0.05, 0) is 43.5 Å². The number of benzene rings is 1. The van der Waals surface area contributed by atoms with Crippen LogP contribution in [0.25, 0.3) is 5.57 Å². The predicted octanol–water partition coefficient (Wildman–Crippen LogP) is 4.05. The van der Waals surface area contributed by atoms with Crippen LogP contribution >= 0.6 is 11.6 Å². The molecule has 0 saturated heterocycles. The third-order valence-electron chi connectivity index (χ3n) is 4.11. The molecule has 23 heavy (non-hydrogen) atoms. The van der Waals surface area contributed by atoms with Gasteiger partial charge in [0.05, 0.1) is 6.33 Å². The van der Waals surface area contributed by atoms with E-state index in [1.807, 2.05) is 33.9 Å². The number of imidazole rings is 1. The van der Waals surface area contributed by atoms with Crippen LogP contribution in [0.2, 0.25) is 5.02 Å². The maximum Gasteiger partial charge on any atom is 0.274 e. The topological polar surface area (TPSA) is 38.1 Å². The Morgan fingerprint density at radius 1 is 1.35 bits per heavy atom. The first-order valence-corrected chi connectivity index (χ1v) is 8.20. The zero-order valence-electron chi connectivity index (χ0n) is 13.4. The van der Waals surface area contributed by atoms with Crippen molar-refractivity contribution in [3.8, 4) is 0 Å². The molecule has 0 spiro atoms. The smallest absolute Gasteiger partial charge is 0.274 e. The van der Waals surface area contributed by atoms with Gasteiger partial charge < -0.3 is 9.47 Å². The van der Waals surface area contributed by atoms with Crippen molar-refractivity contribution in [2.24, 2.45) is 0 Å². The average molecular weight is 330 g/mol. The molecule has 1 aromatic heterocycles. The standard InChI is InChI=1S/C18H20ClN3O/c1-13(2)22-11-17(20-12-22)18(23)21-8-6-14(7-9-21)15-4-3-5-16(19)10-15/h3-6,10-13H,7-9H2,1-2H3. The van der Waals surface area contributed by atoms with Gasteiger partial charge >= 0.3 is 0 Å². The minimum atomic E-state index is -0.00852. The lowest BCUT2D eigenvalue weighted by Crippen LogP contribution is -2.34. The van der Waals surface area contributed by atoms with Crippen LogP contribution in [0.15, 0.2) is 42.9 Å². The van der Waals surface area contributed by atoms with Gasteiger partial charge in [-0.15, -0.1) is 0 Å². The maximum atomic E-state index is 12.5. The third-order valence-corrected chi connectivity index (χ3v) is 4.34. The van der Waals surface area contributed by atoms with Crippen molar-refractivity contribution in [3.63, 3.8) is 0 Å². The Kier molecular flexibility index (Phi) is 4.53. The highest BCUT2D eigenvalue weighted by Crippen LogP contribution is 2.25. The molecule has 1 amide bonds. The molecule has 5 heteroatoms. The number of halogens is 1. The first kappa shape index (κ1) is 15.8. The highest BCUT2D eigenvalue weighted by atomic mass is 35.5. The Bertz CT molecular complexity index is 748. The summed E-state index contributed by atoms with van der Waals surface area (Å²) in [4.78, 5) is 18.6. The van der Waals surface area contributed by atoms with Crippen LogP contribution in [0, 0.1) is 0 Å². The van der Waals surface area contributed by atoms with Gasteiger partial charge in [0.2, 0.25) is 0 Å². The molecular formula is C18H20ClN3O.